The molecule has 2 N–H and O–H groups in total. The summed E-state index contributed by atoms with van der Waals surface area (Å²) in [4.78, 5) is 12.7. The number of hydrogen-bond acceptors (Lipinski definition) is 5. The number of anilines is 2. The maximum atomic E-state index is 12.7. The minimum Gasteiger partial charge on any atom is -0.489 e. The van der Waals surface area contributed by atoms with E-state index in [1.807, 2.05) is 19.9 Å². The van der Waals surface area contributed by atoms with Crippen LogP contribution in [0.15, 0.2) is 70.3 Å². The largest absolute Gasteiger partial charge is 0.489 e. The first-order valence-electron chi connectivity index (χ1n) is 8.58. The van der Waals surface area contributed by atoms with Gasteiger partial charge in [0.2, 0.25) is 0 Å². The SMILES string of the molecule is CC(C)Oc1ccccc1NC(=O)c1cccc(NS(=O)(=O)c2cccs2)c1. The summed E-state index contributed by atoms with van der Waals surface area (Å²) in [5.74, 6) is 0.206. The quantitative estimate of drug-likeness (QED) is 0.590. The second kappa shape index (κ2) is 8.45. The summed E-state index contributed by atoms with van der Waals surface area (Å²) in [5.41, 5.74) is 1.18. The Morgan fingerprint density at radius 2 is 1.82 bits per heavy atom. The van der Waals surface area contributed by atoms with Crippen LogP contribution in [0.1, 0.15) is 24.2 Å². The zero-order valence-electron chi connectivity index (χ0n) is 15.4. The van der Waals surface area contributed by atoms with Gasteiger partial charge in [-0.05, 0) is 55.6 Å². The lowest BCUT2D eigenvalue weighted by Crippen LogP contribution is -2.15. The third-order valence-corrected chi connectivity index (χ3v) is 6.41. The highest BCUT2D eigenvalue weighted by Gasteiger charge is 2.16. The van der Waals surface area contributed by atoms with Crippen molar-refractivity contribution < 1.29 is 17.9 Å². The van der Waals surface area contributed by atoms with Gasteiger partial charge in [0.25, 0.3) is 15.9 Å². The Hall–Kier alpha value is -2.84. The lowest BCUT2D eigenvalue weighted by atomic mass is 10.2. The monoisotopic (exact) mass is 416 g/mol. The second-order valence-corrected chi connectivity index (χ2v) is 9.09. The zero-order valence-corrected chi connectivity index (χ0v) is 17.0. The molecule has 1 aromatic heterocycles. The van der Waals surface area contributed by atoms with E-state index in [2.05, 4.69) is 10.0 Å². The fourth-order valence-electron chi connectivity index (χ4n) is 2.47. The number of carbonyl (C=O) groups is 1. The number of ether oxygens (including phenoxy) is 1. The van der Waals surface area contributed by atoms with Crippen LogP contribution in [0.4, 0.5) is 11.4 Å². The highest BCUT2D eigenvalue weighted by atomic mass is 32.2. The smallest absolute Gasteiger partial charge is 0.271 e. The van der Waals surface area contributed by atoms with E-state index in [4.69, 9.17) is 4.74 Å². The van der Waals surface area contributed by atoms with Gasteiger partial charge in [-0.3, -0.25) is 9.52 Å². The summed E-state index contributed by atoms with van der Waals surface area (Å²) in [6, 6.07) is 16.7. The average molecular weight is 417 g/mol. The zero-order chi connectivity index (χ0) is 20.1. The predicted molar refractivity (Wildman–Crippen MR) is 112 cm³/mol. The number of rotatable bonds is 7. The average Bonchev–Trinajstić information content (AvgIpc) is 3.18. The number of sulfonamides is 1. The fourth-order valence-corrected chi connectivity index (χ4v) is 4.51. The van der Waals surface area contributed by atoms with Gasteiger partial charge in [0, 0.05) is 11.3 Å². The Kier molecular flexibility index (Phi) is 6.01. The standard InChI is InChI=1S/C20H20N2O4S2/c1-14(2)26-18-10-4-3-9-17(18)21-20(23)15-7-5-8-16(13-15)22-28(24,25)19-11-6-12-27-19/h3-14,22H,1-2H3,(H,21,23). The van der Waals surface area contributed by atoms with Gasteiger partial charge in [0.15, 0.2) is 0 Å². The summed E-state index contributed by atoms with van der Waals surface area (Å²) in [6.07, 6.45) is -0.0342. The molecule has 6 nitrogen and oxygen atoms in total. The first-order chi connectivity index (χ1) is 13.3. The molecule has 0 aliphatic heterocycles. The van der Waals surface area contributed by atoms with Crippen LogP contribution >= 0.6 is 11.3 Å². The van der Waals surface area contributed by atoms with Gasteiger partial charge in [-0.25, -0.2) is 8.42 Å². The van der Waals surface area contributed by atoms with Crippen LogP contribution in [0.2, 0.25) is 0 Å². The van der Waals surface area contributed by atoms with Crippen molar-refractivity contribution in [1.29, 1.82) is 0 Å². The van der Waals surface area contributed by atoms with Crippen molar-refractivity contribution in [2.24, 2.45) is 0 Å². The maximum Gasteiger partial charge on any atom is 0.271 e. The van der Waals surface area contributed by atoms with Gasteiger partial charge in [-0.1, -0.05) is 24.3 Å². The van der Waals surface area contributed by atoms with E-state index >= 15 is 0 Å². The maximum absolute atomic E-state index is 12.7. The molecule has 1 heterocycles. The van der Waals surface area contributed by atoms with Crippen LogP contribution in [0.5, 0.6) is 5.75 Å². The molecule has 0 bridgehead atoms. The van der Waals surface area contributed by atoms with Crippen LogP contribution in [0.25, 0.3) is 0 Å². The molecule has 0 unspecified atom stereocenters. The van der Waals surface area contributed by atoms with E-state index in [0.29, 0.717) is 22.7 Å². The van der Waals surface area contributed by atoms with Crippen molar-refractivity contribution in [3.8, 4) is 5.75 Å². The number of hydrogen-bond donors (Lipinski definition) is 2. The minimum atomic E-state index is -3.67. The number of benzene rings is 2. The summed E-state index contributed by atoms with van der Waals surface area (Å²) in [5, 5.41) is 4.50. The van der Waals surface area contributed by atoms with Gasteiger partial charge in [0.05, 0.1) is 11.8 Å². The Morgan fingerprint density at radius 1 is 1.04 bits per heavy atom. The van der Waals surface area contributed by atoms with Crippen molar-refractivity contribution in [3.05, 3.63) is 71.6 Å². The first-order valence-corrected chi connectivity index (χ1v) is 10.9. The molecular formula is C20H20N2O4S2. The van der Waals surface area contributed by atoms with Crippen LogP contribution in [0.3, 0.4) is 0 Å². The van der Waals surface area contributed by atoms with E-state index < -0.39 is 10.0 Å². The van der Waals surface area contributed by atoms with E-state index in [0.717, 1.165) is 11.3 Å². The van der Waals surface area contributed by atoms with Crippen LogP contribution in [-0.2, 0) is 10.0 Å². The summed E-state index contributed by atoms with van der Waals surface area (Å²) in [7, 11) is -3.67. The molecule has 0 aliphatic carbocycles. The molecular weight excluding hydrogens is 396 g/mol. The lowest BCUT2D eigenvalue weighted by Gasteiger charge is -2.15. The molecule has 3 rings (SSSR count). The Morgan fingerprint density at radius 3 is 2.54 bits per heavy atom. The molecule has 0 spiro atoms. The number of amides is 1. The minimum absolute atomic E-state index is 0.0342. The van der Waals surface area contributed by atoms with Gasteiger partial charge in [0.1, 0.15) is 9.96 Å². The second-order valence-electron chi connectivity index (χ2n) is 6.24. The van der Waals surface area contributed by atoms with E-state index in [-0.39, 0.29) is 16.2 Å². The number of thiophene rings is 1. The Bertz CT molecular complexity index is 1060. The van der Waals surface area contributed by atoms with Crippen LogP contribution in [-0.4, -0.2) is 20.4 Å². The van der Waals surface area contributed by atoms with Crippen LogP contribution < -0.4 is 14.8 Å². The Balaban J connectivity index is 1.78. The summed E-state index contributed by atoms with van der Waals surface area (Å²) < 4.78 is 33.1. The van der Waals surface area contributed by atoms with Crippen molar-refractivity contribution in [3.63, 3.8) is 0 Å². The number of carbonyl (C=O) groups excluding carboxylic acids is 1. The highest BCUT2D eigenvalue weighted by Crippen LogP contribution is 2.26. The Labute approximate surface area is 168 Å². The lowest BCUT2D eigenvalue weighted by molar-refractivity contribution is 0.102. The molecule has 8 heteroatoms. The van der Waals surface area contributed by atoms with Gasteiger partial charge >= 0.3 is 0 Å². The number of para-hydroxylation sites is 2. The van der Waals surface area contributed by atoms with Crippen molar-refractivity contribution in [2.75, 3.05) is 10.0 Å². The first kappa shape index (κ1) is 19.9. The van der Waals surface area contributed by atoms with E-state index in [1.54, 1.807) is 47.8 Å². The van der Waals surface area contributed by atoms with Gasteiger partial charge in [-0.2, -0.15) is 0 Å². The predicted octanol–water partition coefficient (Wildman–Crippen LogP) is 4.59. The molecule has 0 fully saturated rings. The highest BCUT2D eigenvalue weighted by molar-refractivity contribution is 7.94. The molecule has 0 atom stereocenters. The third kappa shape index (κ3) is 4.90. The van der Waals surface area contributed by atoms with E-state index in [9.17, 15) is 13.2 Å². The van der Waals surface area contributed by atoms with Crippen molar-refractivity contribution >= 4 is 38.6 Å². The molecule has 3 aromatic rings. The molecule has 146 valence electrons. The fraction of sp³-hybridized carbons (Fsp3) is 0.150. The normalized spacial score (nSPS) is 11.2. The van der Waals surface area contributed by atoms with Gasteiger partial charge in [-0.15, -0.1) is 11.3 Å². The molecule has 28 heavy (non-hydrogen) atoms. The molecule has 2 aromatic carbocycles. The van der Waals surface area contributed by atoms with Crippen LogP contribution in [0, 0.1) is 0 Å². The third-order valence-electron chi connectivity index (χ3n) is 3.63. The molecule has 0 saturated heterocycles. The van der Waals surface area contributed by atoms with Crippen molar-refractivity contribution in [1.82, 2.24) is 0 Å². The van der Waals surface area contributed by atoms with Crippen molar-refractivity contribution in [2.45, 2.75) is 24.2 Å². The molecule has 1 amide bonds. The molecule has 0 radical (unpaired) electrons. The number of nitrogens with one attached hydrogen (secondary N) is 2. The molecule has 0 saturated carbocycles. The topological polar surface area (TPSA) is 84.5 Å². The van der Waals surface area contributed by atoms with Gasteiger partial charge < -0.3 is 10.1 Å². The van der Waals surface area contributed by atoms with E-state index in [1.165, 1.54) is 12.1 Å². The summed E-state index contributed by atoms with van der Waals surface area (Å²) >= 11 is 1.12. The molecule has 0 aliphatic rings. The summed E-state index contributed by atoms with van der Waals surface area (Å²) in [6.45, 7) is 3.81.